The summed E-state index contributed by atoms with van der Waals surface area (Å²) in [6, 6.07) is 9.43. The summed E-state index contributed by atoms with van der Waals surface area (Å²) in [5.41, 5.74) is 8.55. The molecule has 2 heterocycles. The third kappa shape index (κ3) is 2.48. The Morgan fingerprint density at radius 3 is 2.63 bits per heavy atom. The zero-order valence-corrected chi connectivity index (χ0v) is 10.8. The number of halogens is 1. The van der Waals surface area contributed by atoms with Gasteiger partial charge in [-0.15, -0.1) is 0 Å². The van der Waals surface area contributed by atoms with Gasteiger partial charge in [0, 0.05) is 29.2 Å². The number of hydrogen-bond donors (Lipinski definition) is 1. The van der Waals surface area contributed by atoms with Crippen molar-refractivity contribution in [2.24, 2.45) is 0 Å². The summed E-state index contributed by atoms with van der Waals surface area (Å²) < 4.78 is 0. The third-order valence-electron chi connectivity index (χ3n) is 2.87. The van der Waals surface area contributed by atoms with E-state index in [0.29, 0.717) is 11.4 Å². The number of benzene rings is 1. The fraction of sp³-hybridized carbons (Fsp3) is 0.0714. The highest BCUT2D eigenvalue weighted by molar-refractivity contribution is 6.31. The number of hydrogen-bond acceptors (Lipinski definition) is 4. The predicted molar refractivity (Wildman–Crippen MR) is 76.0 cm³/mol. The predicted octanol–water partition coefficient (Wildman–Crippen LogP) is 2.85. The number of aromatic nitrogens is 3. The molecule has 0 radical (unpaired) electrons. The molecule has 0 atom stereocenters. The molecule has 4 nitrogen and oxygen atoms in total. The lowest BCUT2D eigenvalue weighted by Crippen LogP contribution is -2.01. The molecule has 0 spiro atoms. The Kier molecular flexibility index (Phi) is 3.01. The zero-order valence-electron chi connectivity index (χ0n) is 10.0. The van der Waals surface area contributed by atoms with Crippen LogP contribution in [0.25, 0.3) is 10.9 Å². The fourth-order valence-corrected chi connectivity index (χ4v) is 2.18. The van der Waals surface area contributed by atoms with Gasteiger partial charge in [-0.1, -0.05) is 11.6 Å². The van der Waals surface area contributed by atoms with E-state index >= 15 is 0 Å². The second-order valence-corrected chi connectivity index (χ2v) is 4.66. The van der Waals surface area contributed by atoms with Crippen molar-refractivity contribution < 1.29 is 0 Å². The van der Waals surface area contributed by atoms with E-state index in [2.05, 4.69) is 15.0 Å². The van der Waals surface area contributed by atoms with Crippen LogP contribution in [0.4, 0.5) is 5.95 Å². The van der Waals surface area contributed by atoms with E-state index in [1.807, 2.05) is 24.3 Å². The first kappa shape index (κ1) is 11.9. The largest absolute Gasteiger partial charge is 0.368 e. The number of anilines is 1. The van der Waals surface area contributed by atoms with Crippen molar-refractivity contribution in [3.63, 3.8) is 0 Å². The summed E-state index contributed by atoms with van der Waals surface area (Å²) in [6.45, 7) is 0. The van der Waals surface area contributed by atoms with Crippen LogP contribution in [0, 0.1) is 0 Å². The summed E-state index contributed by atoms with van der Waals surface area (Å²) >= 11 is 6.04. The molecule has 2 aromatic heterocycles. The van der Waals surface area contributed by atoms with Crippen LogP contribution in [0.1, 0.15) is 11.3 Å². The first-order valence-electron chi connectivity index (χ1n) is 5.83. The molecule has 0 bridgehead atoms. The van der Waals surface area contributed by atoms with Gasteiger partial charge in [0.05, 0.1) is 11.2 Å². The summed E-state index contributed by atoms with van der Waals surface area (Å²) in [5, 5.41) is 1.59. The Hall–Kier alpha value is -2.20. The van der Waals surface area contributed by atoms with Crippen molar-refractivity contribution >= 4 is 28.5 Å². The maximum absolute atomic E-state index is 6.04. The molecule has 1 aromatic carbocycles. The summed E-state index contributed by atoms with van der Waals surface area (Å²) in [5.74, 6) is 0.277. The molecule has 0 unspecified atom stereocenters. The number of rotatable bonds is 2. The van der Waals surface area contributed by atoms with Crippen LogP contribution in [0.3, 0.4) is 0 Å². The number of nitrogens with zero attached hydrogens (tertiary/aromatic N) is 3. The Morgan fingerprint density at radius 1 is 1.05 bits per heavy atom. The molecular formula is C14H11ClN4. The van der Waals surface area contributed by atoms with Gasteiger partial charge in [-0.05, 0) is 35.9 Å². The average molecular weight is 271 g/mol. The molecule has 5 heteroatoms. The zero-order chi connectivity index (χ0) is 13.2. The summed E-state index contributed by atoms with van der Waals surface area (Å²) in [7, 11) is 0. The van der Waals surface area contributed by atoms with Crippen LogP contribution >= 0.6 is 11.6 Å². The molecule has 0 aliphatic heterocycles. The van der Waals surface area contributed by atoms with E-state index in [1.165, 1.54) is 0 Å². The molecule has 0 aliphatic rings. The second-order valence-electron chi connectivity index (χ2n) is 4.22. The van der Waals surface area contributed by atoms with Crippen molar-refractivity contribution in [2.75, 3.05) is 5.73 Å². The van der Waals surface area contributed by atoms with Crippen LogP contribution in [0.5, 0.6) is 0 Å². The molecule has 3 aromatic rings. The Morgan fingerprint density at radius 2 is 1.84 bits per heavy atom. The molecule has 0 saturated heterocycles. The molecule has 0 saturated carbocycles. The highest BCUT2D eigenvalue weighted by Gasteiger charge is 2.07. The van der Waals surface area contributed by atoms with Crippen LogP contribution in [-0.2, 0) is 6.42 Å². The summed E-state index contributed by atoms with van der Waals surface area (Å²) in [6.07, 6.45) is 4.19. The molecule has 0 amide bonds. The Balaban J connectivity index is 2.14. The van der Waals surface area contributed by atoms with Crippen molar-refractivity contribution in [2.45, 2.75) is 6.42 Å². The molecule has 19 heavy (non-hydrogen) atoms. The van der Waals surface area contributed by atoms with Gasteiger partial charge in [-0.2, -0.15) is 0 Å². The molecule has 0 fully saturated rings. The molecule has 3 rings (SSSR count). The minimum atomic E-state index is 0.277. The Labute approximate surface area is 115 Å². The standard InChI is InChI=1S/C14H11ClN4/c15-10-1-2-12-11(8-10)13(19-14(16)18-12)7-9-3-5-17-6-4-9/h1-6,8H,7H2,(H2,16,18,19). The van der Waals surface area contributed by atoms with E-state index < -0.39 is 0 Å². The van der Waals surface area contributed by atoms with Gasteiger partial charge >= 0.3 is 0 Å². The van der Waals surface area contributed by atoms with Gasteiger partial charge in [-0.25, -0.2) is 9.97 Å². The first-order chi connectivity index (χ1) is 9.22. The first-order valence-corrected chi connectivity index (χ1v) is 6.21. The van der Waals surface area contributed by atoms with Gasteiger partial charge in [0.15, 0.2) is 0 Å². The molecular weight excluding hydrogens is 260 g/mol. The maximum atomic E-state index is 6.04. The van der Waals surface area contributed by atoms with Crippen molar-refractivity contribution in [1.29, 1.82) is 0 Å². The van der Waals surface area contributed by atoms with E-state index in [9.17, 15) is 0 Å². The Bertz CT molecular complexity index is 728. The lowest BCUT2D eigenvalue weighted by molar-refractivity contribution is 1.07. The van der Waals surface area contributed by atoms with Gasteiger partial charge < -0.3 is 5.73 Å². The topological polar surface area (TPSA) is 64.7 Å². The maximum Gasteiger partial charge on any atom is 0.220 e. The number of pyridine rings is 1. The fourth-order valence-electron chi connectivity index (χ4n) is 2.01. The lowest BCUT2D eigenvalue weighted by atomic mass is 10.1. The van der Waals surface area contributed by atoms with Gasteiger partial charge in [0.2, 0.25) is 5.95 Å². The average Bonchev–Trinajstić information content (AvgIpc) is 2.41. The molecule has 2 N–H and O–H groups in total. The minimum Gasteiger partial charge on any atom is -0.368 e. The minimum absolute atomic E-state index is 0.277. The van der Waals surface area contributed by atoms with E-state index in [-0.39, 0.29) is 5.95 Å². The molecule has 0 aliphatic carbocycles. The van der Waals surface area contributed by atoms with Crippen LogP contribution in [0.2, 0.25) is 5.02 Å². The van der Waals surface area contributed by atoms with E-state index in [1.54, 1.807) is 18.5 Å². The van der Waals surface area contributed by atoms with Gasteiger partial charge in [0.25, 0.3) is 0 Å². The van der Waals surface area contributed by atoms with Crippen LogP contribution < -0.4 is 5.73 Å². The molecule has 94 valence electrons. The third-order valence-corrected chi connectivity index (χ3v) is 3.11. The van der Waals surface area contributed by atoms with Crippen LogP contribution in [-0.4, -0.2) is 15.0 Å². The normalized spacial score (nSPS) is 10.8. The van der Waals surface area contributed by atoms with Gasteiger partial charge in [0.1, 0.15) is 0 Å². The van der Waals surface area contributed by atoms with Gasteiger partial charge in [-0.3, -0.25) is 4.98 Å². The number of nitrogen functional groups attached to an aromatic ring is 1. The number of fused-ring (bicyclic) bond motifs is 1. The monoisotopic (exact) mass is 270 g/mol. The van der Waals surface area contributed by atoms with Crippen molar-refractivity contribution in [3.05, 3.63) is 59.0 Å². The SMILES string of the molecule is Nc1nc(Cc2ccncc2)c2cc(Cl)ccc2n1. The van der Waals surface area contributed by atoms with E-state index in [4.69, 9.17) is 17.3 Å². The lowest BCUT2D eigenvalue weighted by Gasteiger charge is -2.07. The van der Waals surface area contributed by atoms with Crippen molar-refractivity contribution in [1.82, 2.24) is 15.0 Å². The number of nitrogens with two attached hydrogens (primary N) is 1. The smallest absolute Gasteiger partial charge is 0.220 e. The van der Waals surface area contributed by atoms with E-state index in [0.717, 1.165) is 22.2 Å². The quantitative estimate of drug-likeness (QED) is 0.778. The second kappa shape index (κ2) is 4.82. The summed E-state index contributed by atoms with van der Waals surface area (Å²) in [4.78, 5) is 12.5. The van der Waals surface area contributed by atoms with Crippen molar-refractivity contribution in [3.8, 4) is 0 Å². The highest BCUT2D eigenvalue weighted by Crippen LogP contribution is 2.23. The van der Waals surface area contributed by atoms with Crippen LogP contribution in [0.15, 0.2) is 42.7 Å². The highest BCUT2D eigenvalue weighted by atomic mass is 35.5.